The van der Waals surface area contributed by atoms with Crippen molar-refractivity contribution >= 4 is 0 Å². The molecule has 0 aliphatic carbocycles. The van der Waals surface area contributed by atoms with E-state index in [1.54, 1.807) is 19.4 Å². The fraction of sp³-hybridized carbons (Fsp3) is 0.353. The molecule has 0 saturated heterocycles. The lowest BCUT2D eigenvalue weighted by atomic mass is 10.00. The minimum Gasteiger partial charge on any atom is -0.496 e. The topological polar surface area (TPSA) is 34.1 Å². The molecule has 0 bridgehead atoms. The third-order valence-electron chi connectivity index (χ3n) is 3.43. The number of ether oxygens (including phenoxy) is 1. The van der Waals surface area contributed by atoms with Gasteiger partial charge in [0, 0.05) is 6.20 Å². The van der Waals surface area contributed by atoms with Crippen LogP contribution in [0, 0.1) is 12.7 Å². The average Bonchev–Trinajstić information content (AvgIpc) is 2.48. The van der Waals surface area contributed by atoms with Gasteiger partial charge in [-0.3, -0.25) is 4.98 Å². The van der Waals surface area contributed by atoms with E-state index in [0.29, 0.717) is 12.1 Å². The molecule has 0 radical (unpaired) electrons. The zero-order valence-electron chi connectivity index (χ0n) is 12.7. The van der Waals surface area contributed by atoms with E-state index < -0.39 is 0 Å². The van der Waals surface area contributed by atoms with Crippen molar-refractivity contribution < 1.29 is 9.13 Å². The Morgan fingerprint density at radius 2 is 2.14 bits per heavy atom. The van der Waals surface area contributed by atoms with Gasteiger partial charge in [-0.1, -0.05) is 24.6 Å². The lowest BCUT2D eigenvalue weighted by Crippen LogP contribution is -2.25. The Labute approximate surface area is 125 Å². The van der Waals surface area contributed by atoms with Gasteiger partial charge < -0.3 is 10.1 Å². The Bertz CT molecular complexity index is 601. The van der Waals surface area contributed by atoms with Crippen LogP contribution >= 0.6 is 0 Å². The molecular formula is C17H21FN2O. The number of rotatable bonds is 6. The molecule has 2 aromatic rings. The minimum atomic E-state index is -0.282. The summed E-state index contributed by atoms with van der Waals surface area (Å²) in [5.41, 5.74) is 2.65. The number of hydrogen-bond acceptors (Lipinski definition) is 3. The Hall–Kier alpha value is -1.94. The van der Waals surface area contributed by atoms with Gasteiger partial charge in [-0.2, -0.15) is 0 Å². The van der Waals surface area contributed by atoms with Gasteiger partial charge in [0.2, 0.25) is 0 Å². The van der Waals surface area contributed by atoms with Gasteiger partial charge in [0.1, 0.15) is 11.6 Å². The van der Waals surface area contributed by atoms with Crippen molar-refractivity contribution in [2.24, 2.45) is 0 Å². The zero-order chi connectivity index (χ0) is 15.2. The van der Waals surface area contributed by atoms with Gasteiger partial charge in [-0.15, -0.1) is 0 Å². The number of halogens is 1. The largest absolute Gasteiger partial charge is 0.496 e. The first kappa shape index (κ1) is 15.4. The van der Waals surface area contributed by atoms with Crippen molar-refractivity contribution in [3.05, 3.63) is 59.2 Å². The van der Waals surface area contributed by atoms with Crippen molar-refractivity contribution in [1.29, 1.82) is 0 Å². The maximum absolute atomic E-state index is 14.0. The Morgan fingerprint density at radius 1 is 1.33 bits per heavy atom. The van der Waals surface area contributed by atoms with Gasteiger partial charge in [0.05, 0.1) is 18.8 Å². The quantitative estimate of drug-likeness (QED) is 0.884. The summed E-state index contributed by atoms with van der Waals surface area (Å²) in [6, 6.07) is 8.90. The molecule has 1 aromatic heterocycles. The summed E-state index contributed by atoms with van der Waals surface area (Å²) in [6.45, 7) is 4.78. The maximum atomic E-state index is 14.0. The van der Waals surface area contributed by atoms with E-state index in [1.165, 1.54) is 6.07 Å². The van der Waals surface area contributed by atoms with E-state index in [1.807, 2.05) is 26.0 Å². The van der Waals surface area contributed by atoms with Gasteiger partial charge in [-0.05, 0) is 43.7 Å². The van der Waals surface area contributed by atoms with Crippen LogP contribution in [-0.2, 0) is 6.42 Å². The first-order chi connectivity index (χ1) is 10.2. The highest BCUT2D eigenvalue weighted by Crippen LogP contribution is 2.26. The number of methoxy groups -OCH3 is 1. The number of nitrogens with one attached hydrogen (secondary N) is 1. The van der Waals surface area contributed by atoms with Crippen LogP contribution in [0.3, 0.4) is 0 Å². The molecule has 1 N–H and O–H groups in total. The Balaban J connectivity index is 2.33. The first-order valence-electron chi connectivity index (χ1n) is 7.13. The Kier molecular flexibility index (Phi) is 5.28. The highest BCUT2D eigenvalue weighted by Gasteiger charge is 2.18. The number of aromatic nitrogens is 1. The van der Waals surface area contributed by atoms with Crippen LogP contribution < -0.4 is 10.1 Å². The molecule has 112 valence electrons. The maximum Gasteiger partial charge on any atom is 0.146 e. The summed E-state index contributed by atoms with van der Waals surface area (Å²) in [4.78, 5) is 4.19. The number of likely N-dealkylation sites (N-methyl/N-ethyl adjacent to an activating group) is 1. The Morgan fingerprint density at radius 3 is 2.81 bits per heavy atom. The molecule has 2 rings (SSSR count). The van der Waals surface area contributed by atoms with Crippen LogP contribution in [0.1, 0.15) is 29.8 Å². The molecular weight excluding hydrogens is 267 g/mol. The predicted octanol–water partition coefficient (Wildman–Crippen LogP) is 3.43. The number of hydrogen-bond donors (Lipinski definition) is 1. The molecule has 1 unspecified atom stereocenters. The lowest BCUT2D eigenvalue weighted by molar-refractivity contribution is 0.404. The first-order valence-corrected chi connectivity index (χ1v) is 7.13. The number of pyridine rings is 1. The standard InChI is InChI=1S/C17H21FN2O/c1-4-19-15(17-14(18)6-5-9-20-17)11-13-10-12(2)7-8-16(13)21-3/h5-10,15,19H,4,11H2,1-3H3. The third-order valence-corrected chi connectivity index (χ3v) is 3.43. The molecule has 0 fully saturated rings. The van der Waals surface area contributed by atoms with Crippen LogP contribution in [0.15, 0.2) is 36.5 Å². The van der Waals surface area contributed by atoms with Crippen LogP contribution in [0.5, 0.6) is 5.75 Å². The monoisotopic (exact) mass is 288 g/mol. The molecule has 0 aliphatic heterocycles. The van der Waals surface area contributed by atoms with Gasteiger partial charge >= 0.3 is 0 Å². The molecule has 0 aliphatic rings. The van der Waals surface area contributed by atoms with E-state index >= 15 is 0 Å². The van der Waals surface area contributed by atoms with Crippen molar-refractivity contribution in [3.63, 3.8) is 0 Å². The van der Waals surface area contributed by atoms with Gasteiger partial charge in [0.15, 0.2) is 0 Å². The number of aryl methyl sites for hydroxylation is 1. The van der Waals surface area contributed by atoms with E-state index in [9.17, 15) is 4.39 Å². The molecule has 1 heterocycles. The van der Waals surface area contributed by atoms with Crippen LogP contribution in [-0.4, -0.2) is 18.6 Å². The van der Waals surface area contributed by atoms with Crippen molar-refractivity contribution in [1.82, 2.24) is 10.3 Å². The summed E-state index contributed by atoms with van der Waals surface area (Å²) < 4.78 is 19.4. The SMILES string of the molecule is CCNC(Cc1cc(C)ccc1OC)c1ncccc1F. The van der Waals surface area contributed by atoms with Gasteiger partial charge in [-0.25, -0.2) is 4.39 Å². The van der Waals surface area contributed by atoms with E-state index in [2.05, 4.69) is 16.4 Å². The molecule has 1 aromatic carbocycles. The average molecular weight is 288 g/mol. The molecule has 1 atom stereocenters. The number of benzene rings is 1. The molecule has 21 heavy (non-hydrogen) atoms. The number of nitrogens with zero attached hydrogens (tertiary/aromatic N) is 1. The summed E-state index contributed by atoms with van der Waals surface area (Å²) in [7, 11) is 1.65. The predicted molar refractivity (Wildman–Crippen MR) is 82.0 cm³/mol. The summed E-state index contributed by atoms with van der Waals surface area (Å²) in [5.74, 6) is 0.537. The summed E-state index contributed by atoms with van der Waals surface area (Å²) in [6.07, 6.45) is 2.25. The van der Waals surface area contributed by atoms with Crippen molar-refractivity contribution in [2.45, 2.75) is 26.3 Å². The lowest BCUT2D eigenvalue weighted by Gasteiger charge is -2.19. The smallest absolute Gasteiger partial charge is 0.146 e. The molecule has 3 nitrogen and oxygen atoms in total. The van der Waals surface area contributed by atoms with E-state index in [-0.39, 0.29) is 11.9 Å². The summed E-state index contributed by atoms with van der Waals surface area (Å²) >= 11 is 0. The van der Waals surface area contributed by atoms with Crippen molar-refractivity contribution in [3.8, 4) is 5.75 Å². The normalized spacial score (nSPS) is 12.2. The van der Waals surface area contributed by atoms with E-state index in [4.69, 9.17) is 4.74 Å². The highest BCUT2D eigenvalue weighted by molar-refractivity contribution is 5.38. The van der Waals surface area contributed by atoms with E-state index in [0.717, 1.165) is 23.4 Å². The molecule has 0 spiro atoms. The van der Waals surface area contributed by atoms with Crippen LogP contribution in [0.2, 0.25) is 0 Å². The fourth-order valence-electron chi connectivity index (χ4n) is 2.45. The van der Waals surface area contributed by atoms with Crippen LogP contribution in [0.25, 0.3) is 0 Å². The second-order valence-electron chi connectivity index (χ2n) is 5.00. The zero-order valence-corrected chi connectivity index (χ0v) is 12.7. The fourth-order valence-corrected chi connectivity index (χ4v) is 2.45. The van der Waals surface area contributed by atoms with Crippen LogP contribution in [0.4, 0.5) is 4.39 Å². The molecule has 0 saturated carbocycles. The third kappa shape index (κ3) is 3.79. The highest BCUT2D eigenvalue weighted by atomic mass is 19.1. The molecule has 4 heteroatoms. The second kappa shape index (κ2) is 7.18. The molecule has 0 amide bonds. The summed E-state index contributed by atoms with van der Waals surface area (Å²) in [5, 5.41) is 3.30. The van der Waals surface area contributed by atoms with Crippen molar-refractivity contribution in [2.75, 3.05) is 13.7 Å². The minimum absolute atomic E-state index is 0.174. The second-order valence-corrected chi connectivity index (χ2v) is 5.00. The van der Waals surface area contributed by atoms with Gasteiger partial charge in [0.25, 0.3) is 0 Å².